The number of thiazole rings is 1. The van der Waals surface area contributed by atoms with Crippen molar-refractivity contribution in [1.29, 1.82) is 0 Å². The van der Waals surface area contributed by atoms with Gasteiger partial charge in [-0.05, 0) is 36.8 Å². The van der Waals surface area contributed by atoms with Gasteiger partial charge < -0.3 is 4.74 Å². The summed E-state index contributed by atoms with van der Waals surface area (Å²) in [6.07, 6.45) is 0. The molecule has 1 heterocycles. The number of aryl methyl sites for hydroxylation is 1. The maximum Gasteiger partial charge on any atom is 0.269 e. The first-order valence-electron chi connectivity index (χ1n) is 7.92. The Balaban J connectivity index is 1.61. The molecule has 144 valence electrons. The number of non-ortho nitro benzene ring substituents is 1. The average Bonchev–Trinajstić information content (AvgIpc) is 3.08. The molecule has 0 spiro atoms. The Hall–Kier alpha value is -2.68. The topological polar surface area (TPSA) is 94.4 Å². The van der Waals surface area contributed by atoms with Crippen molar-refractivity contribution in [3.63, 3.8) is 0 Å². The SMILES string of the molecule is Cc1cc([N+](=O)[O-])ccc1OCC(=O)Nc1nc(-c2ccc(Cl)cc2Cl)cs1. The van der Waals surface area contributed by atoms with E-state index in [2.05, 4.69) is 10.3 Å². The van der Waals surface area contributed by atoms with E-state index < -0.39 is 10.8 Å². The largest absolute Gasteiger partial charge is 0.483 e. The lowest BCUT2D eigenvalue weighted by Crippen LogP contribution is -2.20. The number of halogens is 2. The highest BCUT2D eigenvalue weighted by molar-refractivity contribution is 7.14. The molecule has 0 fully saturated rings. The third kappa shape index (κ3) is 4.78. The van der Waals surface area contributed by atoms with Gasteiger partial charge in [0.05, 0.1) is 15.6 Å². The van der Waals surface area contributed by atoms with Crippen LogP contribution in [-0.4, -0.2) is 22.4 Å². The lowest BCUT2D eigenvalue weighted by Gasteiger charge is -2.08. The predicted molar refractivity (Wildman–Crippen MR) is 110 cm³/mol. The molecule has 1 amide bonds. The van der Waals surface area contributed by atoms with Gasteiger partial charge in [-0.1, -0.05) is 23.2 Å². The minimum Gasteiger partial charge on any atom is -0.483 e. The van der Waals surface area contributed by atoms with Crippen molar-refractivity contribution in [2.24, 2.45) is 0 Å². The number of benzene rings is 2. The van der Waals surface area contributed by atoms with E-state index >= 15 is 0 Å². The summed E-state index contributed by atoms with van der Waals surface area (Å²) in [5.74, 6) is -0.00520. The standard InChI is InChI=1S/C18H13Cl2N3O4S/c1-10-6-12(23(25)26)3-5-16(10)27-8-17(24)22-18-21-15(9-28-18)13-4-2-11(19)7-14(13)20/h2-7,9H,8H2,1H3,(H,21,22,24). The molecule has 0 radical (unpaired) electrons. The Morgan fingerprint density at radius 3 is 2.75 bits per heavy atom. The Labute approximate surface area is 174 Å². The highest BCUT2D eigenvalue weighted by Gasteiger charge is 2.13. The van der Waals surface area contributed by atoms with Gasteiger partial charge in [0.1, 0.15) is 5.75 Å². The fourth-order valence-corrected chi connectivity index (χ4v) is 3.59. The molecule has 1 aromatic heterocycles. The van der Waals surface area contributed by atoms with Crippen LogP contribution >= 0.6 is 34.5 Å². The number of carbonyl (C=O) groups excluding carboxylic acids is 1. The molecule has 0 unspecified atom stereocenters. The lowest BCUT2D eigenvalue weighted by molar-refractivity contribution is -0.384. The van der Waals surface area contributed by atoms with Crippen LogP contribution in [0.25, 0.3) is 11.3 Å². The highest BCUT2D eigenvalue weighted by atomic mass is 35.5. The summed E-state index contributed by atoms with van der Waals surface area (Å²) < 4.78 is 5.44. The van der Waals surface area contributed by atoms with Gasteiger partial charge in [0, 0.05) is 28.1 Å². The first-order chi connectivity index (χ1) is 13.3. The van der Waals surface area contributed by atoms with E-state index in [1.807, 2.05) is 0 Å². The summed E-state index contributed by atoms with van der Waals surface area (Å²) in [4.78, 5) is 26.7. The van der Waals surface area contributed by atoms with Gasteiger partial charge >= 0.3 is 0 Å². The van der Waals surface area contributed by atoms with Crippen molar-refractivity contribution in [3.05, 3.63) is 67.5 Å². The van der Waals surface area contributed by atoms with Crippen LogP contribution in [0.1, 0.15) is 5.56 Å². The van der Waals surface area contributed by atoms with E-state index in [9.17, 15) is 14.9 Å². The van der Waals surface area contributed by atoms with Crippen LogP contribution in [0.4, 0.5) is 10.8 Å². The minimum atomic E-state index is -0.490. The van der Waals surface area contributed by atoms with Gasteiger partial charge in [0.15, 0.2) is 11.7 Å². The number of aromatic nitrogens is 1. The summed E-state index contributed by atoms with van der Waals surface area (Å²) in [6, 6.07) is 9.26. The quantitative estimate of drug-likeness (QED) is 0.414. The van der Waals surface area contributed by atoms with Crippen LogP contribution in [0.5, 0.6) is 5.75 Å². The minimum absolute atomic E-state index is 0.0366. The van der Waals surface area contributed by atoms with Gasteiger partial charge in [-0.15, -0.1) is 11.3 Å². The third-order valence-electron chi connectivity index (χ3n) is 3.69. The Kier molecular flexibility index (Phi) is 6.13. The van der Waals surface area contributed by atoms with E-state index in [0.29, 0.717) is 37.7 Å². The van der Waals surface area contributed by atoms with Crippen LogP contribution in [0.3, 0.4) is 0 Å². The van der Waals surface area contributed by atoms with Crippen molar-refractivity contribution >= 4 is 51.3 Å². The van der Waals surface area contributed by atoms with Crippen LogP contribution < -0.4 is 10.1 Å². The van der Waals surface area contributed by atoms with Gasteiger partial charge in [0.25, 0.3) is 11.6 Å². The van der Waals surface area contributed by atoms with Gasteiger partial charge in [-0.25, -0.2) is 4.98 Å². The molecule has 0 saturated carbocycles. The number of nitro benzene ring substituents is 1. The number of hydrogen-bond donors (Lipinski definition) is 1. The number of nitro groups is 1. The molecule has 3 aromatic rings. The predicted octanol–water partition coefficient (Wildman–Crippen LogP) is 5.35. The molecule has 0 atom stereocenters. The summed E-state index contributed by atoms with van der Waals surface area (Å²) >= 11 is 13.3. The second-order valence-electron chi connectivity index (χ2n) is 5.71. The molecule has 0 bridgehead atoms. The van der Waals surface area contributed by atoms with Crippen molar-refractivity contribution in [2.75, 3.05) is 11.9 Å². The average molecular weight is 438 g/mol. The second kappa shape index (κ2) is 8.55. The van der Waals surface area contributed by atoms with Gasteiger partial charge in [0.2, 0.25) is 0 Å². The number of nitrogens with zero attached hydrogens (tertiary/aromatic N) is 2. The molecule has 28 heavy (non-hydrogen) atoms. The maximum absolute atomic E-state index is 12.1. The van der Waals surface area contributed by atoms with E-state index in [1.54, 1.807) is 30.5 Å². The number of carbonyl (C=O) groups is 1. The number of hydrogen-bond acceptors (Lipinski definition) is 6. The zero-order valence-electron chi connectivity index (χ0n) is 14.4. The van der Waals surface area contributed by atoms with Crippen LogP contribution in [0.2, 0.25) is 10.0 Å². The monoisotopic (exact) mass is 437 g/mol. The second-order valence-corrected chi connectivity index (χ2v) is 7.41. The van der Waals surface area contributed by atoms with Crippen LogP contribution in [0.15, 0.2) is 41.8 Å². The molecule has 0 aliphatic rings. The van der Waals surface area contributed by atoms with E-state index in [0.717, 1.165) is 0 Å². The first-order valence-corrected chi connectivity index (χ1v) is 9.55. The van der Waals surface area contributed by atoms with Crippen molar-refractivity contribution in [1.82, 2.24) is 4.98 Å². The molecule has 7 nitrogen and oxygen atoms in total. The van der Waals surface area contributed by atoms with Crippen LogP contribution in [-0.2, 0) is 4.79 Å². The zero-order valence-corrected chi connectivity index (χ0v) is 16.8. The Morgan fingerprint density at radius 1 is 1.29 bits per heavy atom. The first kappa shape index (κ1) is 20.1. The van der Waals surface area contributed by atoms with E-state index in [-0.39, 0.29) is 12.3 Å². The van der Waals surface area contributed by atoms with Gasteiger partial charge in [-0.3, -0.25) is 20.2 Å². The molecular formula is C18H13Cl2N3O4S. The van der Waals surface area contributed by atoms with E-state index in [1.165, 1.54) is 29.5 Å². The molecule has 1 N–H and O–H groups in total. The number of ether oxygens (including phenoxy) is 1. The summed E-state index contributed by atoms with van der Waals surface area (Å²) in [5, 5.41) is 16.6. The van der Waals surface area contributed by atoms with E-state index in [4.69, 9.17) is 27.9 Å². The van der Waals surface area contributed by atoms with Crippen molar-refractivity contribution in [2.45, 2.75) is 6.92 Å². The fraction of sp³-hybridized carbons (Fsp3) is 0.111. The van der Waals surface area contributed by atoms with Gasteiger partial charge in [-0.2, -0.15) is 0 Å². The zero-order chi connectivity index (χ0) is 20.3. The molecule has 3 rings (SSSR count). The third-order valence-corrected chi connectivity index (χ3v) is 4.99. The number of rotatable bonds is 6. The lowest BCUT2D eigenvalue weighted by atomic mass is 10.2. The highest BCUT2D eigenvalue weighted by Crippen LogP contribution is 2.32. The number of amides is 1. The normalized spacial score (nSPS) is 10.5. The summed E-state index contributed by atoms with van der Waals surface area (Å²) in [7, 11) is 0. The Bertz CT molecular complexity index is 1060. The summed E-state index contributed by atoms with van der Waals surface area (Å²) in [6.45, 7) is 1.42. The van der Waals surface area contributed by atoms with Crippen molar-refractivity contribution in [3.8, 4) is 17.0 Å². The summed E-state index contributed by atoms with van der Waals surface area (Å²) in [5.41, 5.74) is 1.86. The smallest absolute Gasteiger partial charge is 0.269 e. The maximum atomic E-state index is 12.1. The Morgan fingerprint density at radius 2 is 2.07 bits per heavy atom. The molecular weight excluding hydrogens is 425 g/mol. The van der Waals surface area contributed by atoms with Crippen molar-refractivity contribution < 1.29 is 14.5 Å². The molecule has 2 aromatic carbocycles. The van der Waals surface area contributed by atoms with Crippen LogP contribution in [0, 0.1) is 17.0 Å². The molecule has 0 aliphatic carbocycles. The number of anilines is 1. The molecule has 10 heteroatoms. The number of nitrogens with one attached hydrogen (secondary N) is 1. The molecule has 0 saturated heterocycles. The molecule has 0 aliphatic heterocycles. The fourth-order valence-electron chi connectivity index (χ4n) is 2.36.